The monoisotopic (exact) mass is 1600 g/mol. The maximum absolute atomic E-state index is 14.2. The summed E-state index contributed by atoms with van der Waals surface area (Å²) < 4.78 is 78.1. The second-order valence-corrected chi connectivity index (χ2v) is 29.2. The first-order valence-electron chi connectivity index (χ1n) is 40.1. The zero-order valence-corrected chi connectivity index (χ0v) is 66.5. The number of fused-ring (bicyclic) bond motifs is 5. The van der Waals surface area contributed by atoms with Crippen molar-refractivity contribution in [2.75, 3.05) is 158 Å². The van der Waals surface area contributed by atoms with Crippen LogP contribution in [0.2, 0.25) is 0 Å². The molecule has 11 rings (SSSR count). The molecule has 2 fully saturated rings. The van der Waals surface area contributed by atoms with Gasteiger partial charge in [-0.2, -0.15) is 0 Å². The fraction of sp³-hybridized carbons (Fsp3) is 0.548. The van der Waals surface area contributed by atoms with Gasteiger partial charge >= 0.3 is 0 Å². The fourth-order valence-electron chi connectivity index (χ4n) is 14.4. The van der Waals surface area contributed by atoms with E-state index in [1.807, 2.05) is 42.7 Å². The van der Waals surface area contributed by atoms with Crippen LogP contribution in [0.4, 0.5) is 17.1 Å². The minimum atomic E-state index is -0.939. The highest BCUT2D eigenvalue weighted by molar-refractivity contribution is 6.07. The number of carbonyl (C=O) groups excluding carboxylic acids is 8. The van der Waals surface area contributed by atoms with E-state index in [9.17, 15) is 38.4 Å². The van der Waals surface area contributed by atoms with E-state index in [1.165, 1.54) is 38.4 Å². The summed E-state index contributed by atoms with van der Waals surface area (Å²) in [4.78, 5) is 120. The molecule has 5 N–H and O–H groups in total. The lowest BCUT2D eigenvalue weighted by molar-refractivity contribution is -0.140. The summed E-state index contributed by atoms with van der Waals surface area (Å²) in [5.41, 5.74) is 5.78. The Morgan fingerprint density at radius 2 is 1.06 bits per heavy atom. The molecule has 6 aliphatic heterocycles. The summed E-state index contributed by atoms with van der Waals surface area (Å²) in [7, 11) is 3.02. The zero-order chi connectivity index (χ0) is 80.8. The van der Waals surface area contributed by atoms with Crippen LogP contribution in [-0.2, 0) is 61.9 Å². The van der Waals surface area contributed by atoms with Crippen LogP contribution < -0.4 is 49.7 Å². The van der Waals surface area contributed by atoms with E-state index in [4.69, 9.17) is 71.6 Å². The van der Waals surface area contributed by atoms with Gasteiger partial charge in [-0.15, -0.1) is 0 Å². The number of imide groups is 1. The molecule has 0 radical (unpaired) electrons. The molecule has 4 aromatic carbocycles. The van der Waals surface area contributed by atoms with Gasteiger partial charge in [-0.3, -0.25) is 53.2 Å². The third kappa shape index (κ3) is 24.6. The Labute approximate surface area is 670 Å². The van der Waals surface area contributed by atoms with Crippen LogP contribution in [0.15, 0.2) is 89.1 Å². The average Bonchev–Trinajstić information content (AvgIpc) is 1.65. The van der Waals surface area contributed by atoms with Crippen LogP contribution in [0.25, 0.3) is 11.1 Å². The molecule has 1 saturated heterocycles. The van der Waals surface area contributed by atoms with Crippen molar-refractivity contribution in [2.45, 2.75) is 128 Å². The van der Waals surface area contributed by atoms with Crippen molar-refractivity contribution in [1.82, 2.24) is 30.7 Å². The van der Waals surface area contributed by atoms with E-state index in [0.29, 0.717) is 188 Å². The standard InChI is InChI=1S/C84H109N9O22/c1-55(2)79(90-77(95)21-26-104-28-30-106-32-34-108-36-38-110-40-41-111-39-37-109-35-33-107-31-29-105-27-22-85-76(94)20-23-91-78(96)47-65(82(91)99)58-12-9-7-6-8-10-13-58)81(98)88-56(3)80(97)89-62-17-14-57(15-18-62)60-42-63-50-86-68-48-74(71(102-4)45-66(68)83(100)92(63)52-60)112-24-11-25-113-75-49-69-67(46-72(75)103-5)84(101)93-53-61(43-64(93)51-87-69)59-16-19-70-73(44-59)115-54-114-70/h14-19,44-46,48-53,55-56,58,63-65,79H,6-13,20-43,47,54H2,1-5H3,(H,85,94)(H,88,98)(H,89,97)(H,90,95)/p+1/t56-,63-,64-,65?,79?/m0/s1. The Balaban J connectivity index is 0.481. The van der Waals surface area contributed by atoms with Crippen molar-refractivity contribution in [3.8, 4) is 34.5 Å². The number of anilines is 1. The number of likely N-dealkylation sites (tertiary alicyclic amines) is 1. The summed E-state index contributed by atoms with van der Waals surface area (Å²) >= 11 is 0. The summed E-state index contributed by atoms with van der Waals surface area (Å²) in [5.74, 6) is 0.434. The molecule has 622 valence electrons. The van der Waals surface area contributed by atoms with Gasteiger partial charge < -0.3 is 97.4 Å². The van der Waals surface area contributed by atoms with Gasteiger partial charge in [0.2, 0.25) is 42.2 Å². The zero-order valence-electron chi connectivity index (χ0n) is 66.5. The molecule has 1 aliphatic carbocycles. The molecule has 31 heteroatoms. The van der Waals surface area contributed by atoms with Crippen molar-refractivity contribution in [3.05, 3.63) is 101 Å². The van der Waals surface area contributed by atoms with Gasteiger partial charge in [-0.05, 0) is 90.3 Å². The molecule has 0 spiro atoms. The molecule has 1 saturated carbocycles. The lowest BCUT2D eigenvalue weighted by atomic mass is 9.81. The minimum Gasteiger partial charge on any atom is -0.493 e. The van der Waals surface area contributed by atoms with Gasteiger partial charge in [0.05, 0.1) is 160 Å². The number of rotatable bonds is 47. The highest BCUT2D eigenvalue weighted by Crippen LogP contribution is 2.44. The number of amides is 8. The van der Waals surface area contributed by atoms with E-state index < -0.39 is 23.9 Å². The first-order valence-corrected chi connectivity index (χ1v) is 40.1. The number of carbonyl (C=O) groups is 8. The molecule has 7 aliphatic rings. The number of nitrogens with one attached hydrogen (secondary N) is 4. The second-order valence-electron chi connectivity index (χ2n) is 29.2. The van der Waals surface area contributed by atoms with E-state index in [2.05, 4.69) is 26.0 Å². The highest BCUT2D eigenvalue weighted by atomic mass is 16.7. The number of hydrogen-bond acceptors (Lipinski definition) is 23. The minimum absolute atomic E-state index is 0.0672. The Morgan fingerprint density at radius 3 is 1.62 bits per heavy atom. The summed E-state index contributed by atoms with van der Waals surface area (Å²) in [6, 6.07) is 17.2. The molecule has 6 heterocycles. The van der Waals surface area contributed by atoms with Crippen molar-refractivity contribution < 1.29 is 105 Å². The first kappa shape index (κ1) is 86.0. The highest BCUT2D eigenvalue weighted by Gasteiger charge is 2.43. The van der Waals surface area contributed by atoms with E-state index in [-0.39, 0.29) is 118 Å². The third-order valence-electron chi connectivity index (χ3n) is 20.8. The molecular formula is C84H110N9O22+. The smallest absolute Gasteiger partial charge is 0.260 e. The number of aliphatic hydroxyl groups is 2. The predicted molar refractivity (Wildman–Crippen MR) is 426 cm³/mol. The Hall–Kier alpha value is -9.86. The molecular weight excluding hydrogens is 1490 g/mol. The Kier molecular flexibility index (Phi) is 33.1. The summed E-state index contributed by atoms with van der Waals surface area (Å²) in [6.45, 7) is 12.3. The Morgan fingerprint density at radius 1 is 0.539 bits per heavy atom. The van der Waals surface area contributed by atoms with E-state index >= 15 is 0 Å². The quantitative estimate of drug-likeness (QED) is 0.0184. The van der Waals surface area contributed by atoms with Crippen molar-refractivity contribution >= 4 is 87.9 Å². The Bertz CT molecular complexity index is 4100. The topological polar surface area (TPSA) is 352 Å². The molecule has 5 atom stereocenters. The lowest BCUT2D eigenvalue weighted by Gasteiger charge is -2.24. The van der Waals surface area contributed by atoms with Gasteiger partial charge in [0.15, 0.2) is 47.7 Å². The van der Waals surface area contributed by atoms with Crippen LogP contribution in [0.5, 0.6) is 34.5 Å². The van der Waals surface area contributed by atoms with Gasteiger partial charge in [0, 0.05) is 87.8 Å². The fourth-order valence-corrected chi connectivity index (χ4v) is 14.4. The number of ether oxygens (including phenoxy) is 14. The molecule has 4 aromatic rings. The van der Waals surface area contributed by atoms with Crippen molar-refractivity contribution in [2.24, 2.45) is 27.7 Å². The summed E-state index contributed by atoms with van der Waals surface area (Å²) in [6.07, 6.45) is 17.0. The molecule has 0 aromatic heterocycles. The van der Waals surface area contributed by atoms with Crippen LogP contribution in [-0.4, -0.2) is 256 Å². The van der Waals surface area contributed by atoms with E-state index in [0.717, 1.165) is 48.0 Å². The normalized spacial score (nSPS) is 18.2. The average molecular weight is 1600 g/mol. The summed E-state index contributed by atoms with van der Waals surface area (Å²) in [5, 5.41) is 11.2. The number of benzene rings is 4. The molecule has 2 unspecified atom stereocenters. The predicted octanol–water partition coefficient (Wildman–Crippen LogP) is 8.08. The SMILES string of the molecule is COc1cc2c(cc1OCCCOc1cc3c(cc1OC)C(=O)N1C=C(c4ccc5c(c4)OCO5)C[C@H]1C=N3)N=C[C@@H]1CC(c3ccc(NC(=O)[C@H](C)NC(=O)C(NC(=O)CC[OH+]CCOCCOCCOCCOCCOCCOCCOCCNC(=O)CCN4C(=O)CC(C5CCCCCCC5)C4=O)C(C)C)cc3)=CN1C2=O. The number of methoxy groups -OCH3 is 2. The largest absolute Gasteiger partial charge is 0.493 e. The van der Waals surface area contributed by atoms with Crippen molar-refractivity contribution in [3.63, 3.8) is 0 Å². The second kappa shape index (κ2) is 44.3. The number of nitrogens with zero attached hydrogens (tertiary/aromatic N) is 5. The van der Waals surface area contributed by atoms with E-state index in [1.54, 1.807) is 79.4 Å². The molecule has 8 amide bonds. The lowest BCUT2D eigenvalue weighted by Crippen LogP contribution is -2.53. The first-order chi connectivity index (χ1) is 56.0. The van der Waals surface area contributed by atoms with Gasteiger partial charge in [-0.1, -0.05) is 64.2 Å². The maximum atomic E-state index is 14.2. The maximum Gasteiger partial charge on any atom is 0.260 e. The van der Waals surface area contributed by atoms with Crippen LogP contribution in [0, 0.1) is 17.8 Å². The van der Waals surface area contributed by atoms with Gasteiger partial charge in [0.25, 0.3) is 11.8 Å². The van der Waals surface area contributed by atoms with Gasteiger partial charge in [0.1, 0.15) is 18.7 Å². The number of aliphatic imine (C=N–C) groups is 2. The van der Waals surface area contributed by atoms with Gasteiger partial charge in [-0.25, -0.2) is 0 Å². The van der Waals surface area contributed by atoms with Crippen LogP contribution in [0.1, 0.15) is 136 Å². The van der Waals surface area contributed by atoms with Crippen LogP contribution in [0.3, 0.4) is 0 Å². The molecule has 115 heavy (non-hydrogen) atoms. The van der Waals surface area contributed by atoms with Crippen molar-refractivity contribution in [1.29, 1.82) is 0 Å². The molecule has 0 bridgehead atoms. The molecule has 31 nitrogen and oxygen atoms in total. The third-order valence-corrected chi connectivity index (χ3v) is 20.8. The number of hydrogen-bond donors (Lipinski definition) is 4. The van der Waals surface area contributed by atoms with Crippen LogP contribution >= 0.6 is 0 Å².